The Kier molecular flexibility index (Phi) is 5.32. The molecule has 0 saturated carbocycles. The van der Waals surface area contributed by atoms with Gasteiger partial charge in [0.05, 0.1) is 17.9 Å². The molecule has 2 aromatic rings. The zero-order chi connectivity index (χ0) is 17.7. The van der Waals surface area contributed by atoms with Gasteiger partial charge in [0, 0.05) is 5.56 Å². The average Bonchev–Trinajstić information content (AvgIpc) is 2.55. The third-order valence-electron chi connectivity index (χ3n) is 3.38. The fraction of sp³-hybridized carbons (Fsp3) is 0.294. The maximum absolute atomic E-state index is 11.4. The van der Waals surface area contributed by atoms with Crippen molar-refractivity contribution >= 4 is 5.97 Å². The van der Waals surface area contributed by atoms with Crippen molar-refractivity contribution in [3.63, 3.8) is 0 Å². The van der Waals surface area contributed by atoms with Gasteiger partial charge in [0.15, 0.2) is 0 Å². The molecule has 1 heterocycles. The van der Waals surface area contributed by atoms with E-state index in [0.29, 0.717) is 29.4 Å². The molecule has 2 N–H and O–H groups in total. The molecule has 0 saturated heterocycles. The second-order valence-electron chi connectivity index (χ2n) is 5.65. The summed E-state index contributed by atoms with van der Waals surface area (Å²) in [7, 11) is 0. The number of carboxylic acids is 1. The molecule has 7 nitrogen and oxygen atoms in total. The van der Waals surface area contributed by atoms with Gasteiger partial charge in [0.1, 0.15) is 17.4 Å². The van der Waals surface area contributed by atoms with Gasteiger partial charge in [0.25, 0.3) is 5.56 Å². The Balaban J connectivity index is 2.33. The molecular weight excluding hydrogens is 310 g/mol. The van der Waals surface area contributed by atoms with Crippen LogP contribution in [0.5, 0.6) is 5.75 Å². The van der Waals surface area contributed by atoms with Gasteiger partial charge >= 0.3 is 5.97 Å². The monoisotopic (exact) mass is 327 g/mol. The number of carboxylic acid groups (broad SMARTS) is 1. The Labute approximate surface area is 138 Å². The minimum Gasteiger partial charge on any atom is -0.492 e. The van der Waals surface area contributed by atoms with E-state index in [1.165, 1.54) is 6.07 Å². The SMILES string of the molecule is CC(C)CCOc1ccc(-c2cc(C(=O)O)c(=O)[nH]n2)cc1C#N. The molecule has 0 bridgehead atoms. The number of aromatic amines is 1. The molecule has 0 radical (unpaired) electrons. The van der Waals surface area contributed by atoms with Crippen LogP contribution in [0, 0.1) is 17.2 Å². The lowest BCUT2D eigenvalue weighted by Gasteiger charge is -2.10. The number of H-pyrrole nitrogens is 1. The van der Waals surface area contributed by atoms with Gasteiger partial charge in [-0.3, -0.25) is 4.79 Å². The fourth-order valence-corrected chi connectivity index (χ4v) is 2.02. The lowest BCUT2D eigenvalue weighted by Crippen LogP contribution is -2.18. The number of nitrogens with zero attached hydrogens (tertiary/aromatic N) is 2. The normalized spacial score (nSPS) is 10.4. The van der Waals surface area contributed by atoms with Crippen LogP contribution in [0.4, 0.5) is 0 Å². The van der Waals surface area contributed by atoms with Crippen LogP contribution >= 0.6 is 0 Å². The van der Waals surface area contributed by atoms with Crippen LogP contribution in [0.2, 0.25) is 0 Å². The average molecular weight is 327 g/mol. The highest BCUT2D eigenvalue weighted by Gasteiger charge is 2.13. The van der Waals surface area contributed by atoms with Crippen LogP contribution in [0.25, 0.3) is 11.3 Å². The quantitative estimate of drug-likeness (QED) is 0.841. The number of aromatic carboxylic acids is 1. The molecule has 0 aliphatic carbocycles. The first-order valence-corrected chi connectivity index (χ1v) is 7.42. The molecule has 0 fully saturated rings. The van der Waals surface area contributed by atoms with E-state index in [2.05, 4.69) is 30.1 Å². The van der Waals surface area contributed by atoms with Crippen LogP contribution in [0.15, 0.2) is 29.1 Å². The second kappa shape index (κ2) is 7.42. The predicted molar refractivity (Wildman–Crippen MR) is 86.9 cm³/mol. The molecule has 0 aliphatic rings. The fourth-order valence-electron chi connectivity index (χ4n) is 2.02. The Hall–Kier alpha value is -3.14. The molecule has 0 aliphatic heterocycles. The van der Waals surface area contributed by atoms with E-state index in [1.54, 1.807) is 18.2 Å². The van der Waals surface area contributed by atoms with Crippen LogP contribution in [0.3, 0.4) is 0 Å². The summed E-state index contributed by atoms with van der Waals surface area (Å²) in [6, 6.07) is 8.09. The van der Waals surface area contributed by atoms with Crippen LogP contribution < -0.4 is 10.3 Å². The maximum Gasteiger partial charge on any atom is 0.341 e. The summed E-state index contributed by atoms with van der Waals surface area (Å²) in [4.78, 5) is 22.5. The van der Waals surface area contributed by atoms with Crippen molar-refractivity contribution in [2.75, 3.05) is 6.61 Å². The van der Waals surface area contributed by atoms with Crippen LogP contribution in [-0.4, -0.2) is 27.9 Å². The summed E-state index contributed by atoms with van der Waals surface area (Å²) in [5, 5.41) is 24.3. The van der Waals surface area contributed by atoms with Crippen molar-refractivity contribution in [3.05, 3.63) is 45.7 Å². The van der Waals surface area contributed by atoms with E-state index in [0.717, 1.165) is 6.42 Å². The summed E-state index contributed by atoms with van der Waals surface area (Å²) in [5.41, 5.74) is -0.0870. The number of ether oxygens (including phenoxy) is 1. The molecule has 0 amide bonds. The Morgan fingerprint density at radius 3 is 2.79 bits per heavy atom. The van der Waals surface area contributed by atoms with E-state index >= 15 is 0 Å². The van der Waals surface area contributed by atoms with Crippen molar-refractivity contribution in [2.24, 2.45) is 5.92 Å². The summed E-state index contributed by atoms with van der Waals surface area (Å²) >= 11 is 0. The largest absolute Gasteiger partial charge is 0.492 e. The number of hydrogen-bond donors (Lipinski definition) is 2. The molecule has 1 aromatic heterocycles. The van der Waals surface area contributed by atoms with E-state index in [1.807, 2.05) is 0 Å². The molecule has 124 valence electrons. The molecule has 2 rings (SSSR count). The highest BCUT2D eigenvalue weighted by Crippen LogP contribution is 2.25. The molecule has 24 heavy (non-hydrogen) atoms. The highest BCUT2D eigenvalue weighted by molar-refractivity contribution is 5.88. The lowest BCUT2D eigenvalue weighted by molar-refractivity contribution is 0.0694. The number of nitrogens with one attached hydrogen (secondary N) is 1. The topological polar surface area (TPSA) is 116 Å². The third-order valence-corrected chi connectivity index (χ3v) is 3.38. The second-order valence-corrected chi connectivity index (χ2v) is 5.65. The van der Waals surface area contributed by atoms with Gasteiger partial charge in [0.2, 0.25) is 0 Å². The van der Waals surface area contributed by atoms with Gasteiger partial charge in [-0.05, 0) is 36.6 Å². The van der Waals surface area contributed by atoms with Gasteiger partial charge < -0.3 is 9.84 Å². The highest BCUT2D eigenvalue weighted by atomic mass is 16.5. The summed E-state index contributed by atoms with van der Waals surface area (Å²) in [5.74, 6) is -0.381. The standard InChI is InChI=1S/C17H17N3O4/c1-10(2)5-6-24-15-4-3-11(7-12(15)9-18)14-8-13(17(22)23)16(21)20-19-14/h3-4,7-8,10H,5-6H2,1-2H3,(H,20,21)(H,22,23). The Morgan fingerprint density at radius 1 is 1.42 bits per heavy atom. The number of carbonyl (C=O) groups is 1. The molecule has 0 spiro atoms. The van der Waals surface area contributed by atoms with Gasteiger partial charge in [-0.2, -0.15) is 10.4 Å². The minimum absolute atomic E-state index is 0.261. The summed E-state index contributed by atoms with van der Waals surface area (Å²) in [6.07, 6.45) is 0.871. The minimum atomic E-state index is -1.34. The van der Waals surface area contributed by atoms with Crippen molar-refractivity contribution in [3.8, 4) is 23.1 Å². The molecule has 0 atom stereocenters. The molecular formula is C17H17N3O4. The molecule has 0 unspecified atom stereocenters. The molecule has 1 aromatic carbocycles. The van der Waals surface area contributed by atoms with E-state index in [4.69, 9.17) is 9.84 Å². The van der Waals surface area contributed by atoms with Crippen molar-refractivity contribution in [1.82, 2.24) is 10.2 Å². The van der Waals surface area contributed by atoms with Gasteiger partial charge in [-0.15, -0.1) is 0 Å². The number of benzene rings is 1. The van der Waals surface area contributed by atoms with Crippen LogP contribution in [-0.2, 0) is 0 Å². The maximum atomic E-state index is 11.4. The number of rotatable bonds is 6. The smallest absolute Gasteiger partial charge is 0.341 e. The lowest BCUT2D eigenvalue weighted by atomic mass is 10.1. The number of aromatic nitrogens is 2. The first-order valence-electron chi connectivity index (χ1n) is 7.42. The third kappa shape index (κ3) is 3.98. The van der Waals surface area contributed by atoms with E-state index in [-0.39, 0.29) is 5.69 Å². The predicted octanol–water partition coefficient (Wildman–Crippen LogP) is 2.43. The molecule has 7 heteroatoms. The first-order chi connectivity index (χ1) is 11.4. The zero-order valence-corrected chi connectivity index (χ0v) is 13.4. The van der Waals surface area contributed by atoms with E-state index in [9.17, 15) is 14.9 Å². The Morgan fingerprint density at radius 2 is 2.17 bits per heavy atom. The zero-order valence-electron chi connectivity index (χ0n) is 13.4. The number of hydrogen-bond acceptors (Lipinski definition) is 5. The Bertz CT molecular complexity index is 850. The number of nitriles is 1. The van der Waals surface area contributed by atoms with Crippen molar-refractivity contribution < 1.29 is 14.6 Å². The van der Waals surface area contributed by atoms with Crippen LogP contribution in [0.1, 0.15) is 36.2 Å². The van der Waals surface area contributed by atoms with Gasteiger partial charge in [-0.1, -0.05) is 13.8 Å². The summed E-state index contributed by atoms with van der Waals surface area (Å²) in [6.45, 7) is 4.67. The van der Waals surface area contributed by atoms with Crippen molar-refractivity contribution in [2.45, 2.75) is 20.3 Å². The van der Waals surface area contributed by atoms with Crippen molar-refractivity contribution in [1.29, 1.82) is 5.26 Å². The summed E-state index contributed by atoms with van der Waals surface area (Å²) < 4.78 is 5.62. The van der Waals surface area contributed by atoms with Gasteiger partial charge in [-0.25, -0.2) is 9.89 Å². The van der Waals surface area contributed by atoms with E-state index < -0.39 is 17.1 Å². The first kappa shape index (κ1) is 17.2.